The van der Waals surface area contributed by atoms with Gasteiger partial charge in [-0.3, -0.25) is 4.90 Å². The molecule has 4 N–H and O–H groups in total. The minimum Gasteiger partial charge on any atom is -0.389 e. The Labute approximate surface area is 98.4 Å². The second-order valence-corrected chi connectivity index (χ2v) is 5.97. The predicted octanol–water partition coefficient (Wildman–Crippen LogP) is 0.176. The van der Waals surface area contributed by atoms with Crippen molar-refractivity contribution in [1.29, 1.82) is 0 Å². The van der Waals surface area contributed by atoms with E-state index >= 15 is 0 Å². The Kier molecular flexibility index (Phi) is 4.35. The fourth-order valence-electron chi connectivity index (χ4n) is 2.71. The fraction of sp³-hybridized carbons (Fsp3) is 1.00. The molecule has 0 aromatic rings. The van der Waals surface area contributed by atoms with Gasteiger partial charge >= 0.3 is 0 Å². The van der Waals surface area contributed by atoms with Gasteiger partial charge in [0, 0.05) is 25.2 Å². The van der Waals surface area contributed by atoms with Gasteiger partial charge in [-0.15, -0.1) is 0 Å². The van der Waals surface area contributed by atoms with Gasteiger partial charge in [-0.2, -0.15) is 0 Å². The molecule has 1 saturated heterocycles. The number of nitrogens with zero attached hydrogens (tertiary/aromatic N) is 1. The van der Waals surface area contributed by atoms with E-state index in [9.17, 15) is 10.2 Å². The van der Waals surface area contributed by atoms with Gasteiger partial charge in [0.05, 0.1) is 12.2 Å². The van der Waals surface area contributed by atoms with Gasteiger partial charge in [0.15, 0.2) is 0 Å². The van der Waals surface area contributed by atoms with Crippen molar-refractivity contribution in [2.24, 2.45) is 11.1 Å². The van der Waals surface area contributed by atoms with E-state index in [0.29, 0.717) is 13.1 Å². The lowest BCUT2D eigenvalue weighted by Gasteiger charge is -2.41. The molecule has 1 aliphatic rings. The lowest BCUT2D eigenvalue weighted by Crippen LogP contribution is -2.54. The molecular weight excluding hydrogens is 204 g/mol. The summed E-state index contributed by atoms with van der Waals surface area (Å²) < 4.78 is 0. The Bertz CT molecular complexity index is 218. The highest BCUT2D eigenvalue weighted by Gasteiger charge is 2.40. The fourth-order valence-corrected chi connectivity index (χ4v) is 2.71. The van der Waals surface area contributed by atoms with Gasteiger partial charge in [-0.25, -0.2) is 0 Å². The van der Waals surface area contributed by atoms with E-state index in [2.05, 4.69) is 32.6 Å². The smallest absolute Gasteiger partial charge is 0.0938 e. The molecular formula is C12H26N2O2. The van der Waals surface area contributed by atoms with Crippen molar-refractivity contribution >= 4 is 0 Å². The van der Waals surface area contributed by atoms with Crippen LogP contribution < -0.4 is 5.73 Å². The first kappa shape index (κ1) is 13.9. The first-order valence-corrected chi connectivity index (χ1v) is 6.13. The minimum absolute atomic E-state index is 0.0548. The van der Waals surface area contributed by atoms with Crippen molar-refractivity contribution in [3.05, 3.63) is 0 Å². The van der Waals surface area contributed by atoms with Crippen molar-refractivity contribution < 1.29 is 10.2 Å². The van der Waals surface area contributed by atoms with Gasteiger partial charge in [-0.1, -0.05) is 27.7 Å². The first-order chi connectivity index (χ1) is 7.27. The second kappa shape index (κ2) is 5.00. The Hall–Kier alpha value is -0.160. The number of aliphatic hydroxyl groups excluding tert-OH is 2. The van der Waals surface area contributed by atoms with Gasteiger partial charge < -0.3 is 15.9 Å². The first-order valence-electron chi connectivity index (χ1n) is 6.13. The zero-order valence-electron chi connectivity index (χ0n) is 10.8. The molecule has 96 valence electrons. The van der Waals surface area contributed by atoms with Crippen LogP contribution in [0.25, 0.3) is 0 Å². The molecule has 0 aromatic carbocycles. The summed E-state index contributed by atoms with van der Waals surface area (Å²) in [5.41, 5.74) is 6.22. The molecule has 0 spiro atoms. The predicted molar refractivity (Wildman–Crippen MR) is 65.1 cm³/mol. The van der Waals surface area contributed by atoms with E-state index in [1.807, 2.05) is 0 Å². The Morgan fingerprint density at radius 1 is 1.25 bits per heavy atom. The molecule has 0 amide bonds. The van der Waals surface area contributed by atoms with Crippen LogP contribution in [-0.2, 0) is 0 Å². The Morgan fingerprint density at radius 3 is 2.00 bits per heavy atom. The molecule has 4 heteroatoms. The molecule has 1 rings (SSSR count). The average Bonchev–Trinajstić information content (AvgIpc) is 2.44. The van der Waals surface area contributed by atoms with Crippen molar-refractivity contribution in [1.82, 2.24) is 4.90 Å². The van der Waals surface area contributed by atoms with E-state index < -0.39 is 12.2 Å². The molecule has 0 bridgehead atoms. The molecule has 1 aliphatic heterocycles. The second-order valence-electron chi connectivity index (χ2n) is 5.97. The average molecular weight is 230 g/mol. The van der Waals surface area contributed by atoms with Crippen LogP contribution in [0.3, 0.4) is 0 Å². The number of rotatable bonds is 3. The standard InChI is InChI=1S/C12H26N2O2/c1-5-8(13)11(12(2,3)4)14-6-9(15)10(16)7-14/h8-11,15-16H,5-7,13H2,1-4H3. The van der Waals surface area contributed by atoms with Crippen LogP contribution in [0, 0.1) is 5.41 Å². The quantitative estimate of drug-likeness (QED) is 0.647. The molecule has 4 unspecified atom stereocenters. The van der Waals surface area contributed by atoms with Crippen LogP contribution in [0.15, 0.2) is 0 Å². The number of hydrogen-bond donors (Lipinski definition) is 3. The number of β-amino-alcohol motifs (C(OH)–C–C–N with tert-alkyl or cyclic N) is 2. The number of aliphatic hydroxyl groups is 2. The largest absolute Gasteiger partial charge is 0.389 e. The summed E-state index contributed by atoms with van der Waals surface area (Å²) in [4.78, 5) is 2.13. The third-order valence-electron chi connectivity index (χ3n) is 3.44. The minimum atomic E-state index is -0.631. The van der Waals surface area contributed by atoms with E-state index in [1.165, 1.54) is 0 Å². The van der Waals surface area contributed by atoms with Crippen LogP contribution in [0.4, 0.5) is 0 Å². The van der Waals surface area contributed by atoms with Gasteiger partial charge in [0.25, 0.3) is 0 Å². The lowest BCUT2D eigenvalue weighted by molar-refractivity contribution is 0.0572. The molecule has 4 nitrogen and oxygen atoms in total. The molecule has 0 radical (unpaired) electrons. The van der Waals surface area contributed by atoms with Gasteiger partial charge in [0.2, 0.25) is 0 Å². The number of likely N-dealkylation sites (tertiary alicyclic amines) is 1. The molecule has 1 heterocycles. The normalized spacial score (nSPS) is 31.7. The summed E-state index contributed by atoms with van der Waals surface area (Å²) in [6.07, 6.45) is -0.354. The van der Waals surface area contributed by atoms with Crippen LogP contribution >= 0.6 is 0 Å². The summed E-state index contributed by atoms with van der Waals surface area (Å²) in [5, 5.41) is 19.2. The maximum atomic E-state index is 9.60. The summed E-state index contributed by atoms with van der Waals surface area (Å²) >= 11 is 0. The van der Waals surface area contributed by atoms with Gasteiger partial charge in [0.1, 0.15) is 0 Å². The van der Waals surface area contributed by atoms with E-state index in [-0.39, 0.29) is 17.5 Å². The molecule has 4 atom stereocenters. The highest BCUT2D eigenvalue weighted by Crippen LogP contribution is 2.30. The summed E-state index contributed by atoms with van der Waals surface area (Å²) in [6, 6.07) is 0.279. The highest BCUT2D eigenvalue weighted by atomic mass is 16.3. The highest BCUT2D eigenvalue weighted by molar-refractivity contribution is 4.96. The van der Waals surface area contributed by atoms with E-state index in [0.717, 1.165) is 6.42 Å². The monoisotopic (exact) mass is 230 g/mol. The van der Waals surface area contributed by atoms with E-state index in [1.54, 1.807) is 0 Å². The molecule has 0 saturated carbocycles. The summed E-state index contributed by atoms with van der Waals surface area (Å²) in [7, 11) is 0. The SMILES string of the molecule is CCC(N)C(N1CC(O)C(O)C1)C(C)(C)C. The van der Waals surface area contributed by atoms with Crippen LogP contribution in [0.1, 0.15) is 34.1 Å². The van der Waals surface area contributed by atoms with Crippen LogP contribution in [-0.4, -0.2) is 52.5 Å². The lowest BCUT2D eigenvalue weighted by atomic mass is 9.80. The maximum absolute atomic E-state index is 9.60. The molecule has 1 fully saturated rings. The van der Waals surface area contributed by atoms with Crippen molar-refractivity contribution in [2.75, 3.05) is 13.1 Å². The van der Waals surface area contributed by atoms with E-state index in [4.69, 9.17) is 5.73 Å². The molecule has 0 aromatic heterocycles. The topological polar surface area (TPSA) is 69.7 Å². The van der Waals surface area contributed by atoms with Crippen LogP contribution in [0.5, 0.6) is 0 Å². The summed E-state index contributed by atoms with van der Waals surface area (Å²) in [6.45, 7) is 9.60. The maximum Gasteiger partial charge on any atom is 0.0938 e. The Morgan fingerprint density at radius 2 is 1.69 bits per heavy atom. The molecule has 16 heavy (non-hydrogen) atoms. The summed E-state index contributed by atoms with van der Waals surface area (Å²) in [5.74, 6) is 0. The van der Waals surface area contributed by atoms with Crippen molar-refractivity contribution in [3.63, 3.8) is 0 Å². The van der Waals surface area contributed by atoms with Gasteiger partial charge in [-0.05, 0) is 11.8 Å². The van der Waals surface area contributed by atoms with Crippen molar-refractivity contribution in [2.45, 2.75) is 58.4 Å². The zero-order chi connectivity index (χ0) is 12.5. The van der Waals surface area contributed by atoms with Crippen molar-refractivity contribution in [3.8, 4) is 0 Å². The third kappa shape index (κ3) is 2.94. The number of nitrogens with two attached hydrogens (primary N) is 1. The molecule has 0 aliphatic carbocycles. The van der Waals surface area contributed by atoms with Crippen LogP contribution in [0.2, 0.25) is 0 Å². The zero-order valence-corrected chi connectivity index (χ0v) is 10.8. The Balaban J connectivity index is 2.79. The number of hydrogen-bond acceptors (Lipinski definition) is 4. The third-order valence-corrected chi connectivity index (χ3v) is 3.44.